The average molecular weight is 348 g/mol. The number of carbonyl (C=O) groups is 1. The highest BCUT2D eigenvalue weighted by Crippen LogP contribution is 2.09. The van der Waals surface area contributed by atoms with E-state index >= 15 is 0 Å². The van der Waals surface area contributed by atoms with Gasteiger partial charge in [0.15, 0.2) is 0 Å². The third-order valence-corrected chi connectivity index (χ3v) is 3.76. The number of hydrogen-bond donors (Lipinski definition) is 2. The van der Waals surface area contributed by atoms with Crippen LogP contribution in [0.15, 0.2) is 30.3 Å². The van der Waals surface area contributed by atoms with Gasteiger partial charge in [0.25, 0.3) is 0 Å². The van der Waals surface area contributed by atoms with Gasteiger partial charge in [0, 0.05) is 26.2 Å². The minimum Gasteiger partial charge on any atom is -0.355 e. The minimum atomic E-state index is 0. The highest BCUT2D eigenvalue weighted by molar-refractivity contribution is 5.85. The molecule has 2 N–H and O–H groups in total. The van der Waals surface area contributed by atoms with Gasteiger partial charge in [0.2, 0.25) is 5.91 Å². The van der Waals surface area contributed by atoms with Gasteiger partial charge in [0.1, 0.15) is 0 Å². The van der Waals surface area contributed by atoms with Crippen molar-refractivity contribution in [3.8, 4) is 0 Å². The summed E-state index contributed by atoms with van der Waals surface area (Å²) in [6, 6.07) is 10.4. The van der Waals surface area contributed by atoms with Gasteiger partial charge in [-0.2, -0.15) is 0 Å². The first kappa shape index (κ1) is 21.2. The largest absolute Gasteiger partial charge is 0.355 e. The van der Waals surface area contributed by atoms with Crippen LogP contribution >= 0.6 is 24.8 Å². The van der Waals surface area contributed by atoms with E-state index in [4.69, 9.17) is 0 Å². The van der Waals surface area contributed by atoms with Crippen LogP contribution in [-0.2, 0) is 11.3 Å². The Hall–Kier alpha value is -0.810. The van der Waals surface area contributed by atoms with Crippen molar-refractivity contribution < 1.29 is 4.79 Å². The molecule has 0 saturated carbocycles. The third-order valence-electron chi connectivity index (χ3n) is 3.76. The van der Waals surface area contributed by atoms with Crippen molar-refractivity contribution in [3.63, 3.8) is 0 Å². The molecule has 126 valence electrons. The zero-order chi connectivity index (χ0) is 14.2. The molecule has 0 bridgehead atoms. The van der Waals surface area contributed by atoms with E-state index in [1.54, 1.807) is 0 Å². The van der Waals surface area contributed by atoms with Crippen molar-refractivity contribution in [2.24, 2.45) is 5.92 Å². The molecule has 1 aliphatic heterocycles. The predicted molar refractivity (Wildman–Crippen MR) is 95.9 cm³/mol. The van der Waals surface area contributed by atoms with E-state index < -0.39 is 0 Å². The Labute approximate surface area is 145 Å². The molecule has 0 aliphatic carbocycles. The number of hydrogen-bond acceptors (Lipinski definition) is 3. The second kappa shape index (κ2) is 11.7. The molecular weight excluding hydrogens is 321 g/mol. The standard InChI is InChI=1S/C16H25N3O.2ClH/c1-19(13-14-6-3-2-4-7-14)11-10-18-16(20)15-8-5-9-17-12-15;;/h2-4,6-7,15,17H,5,8-13H2,1H3,(H,18,20);2*1H. The zero-order valence-corrected chi connectivity index (χ0v) is 14.7. The lowest BCUT2D eigenvalue weighted by Gasteiger charge is -2.23. The van der Waals surface area contributed by atoms with Gasteiger partial charge in [-0.1, -0.05) is 30.3 Å². The van der Waals surface area contributed by atoms with Crippen molar-refractivity contribution in [2.75, 3.05) is 33.2 Å². The summed E-state index contributed by atoms with van der Waals surface area (Å²) in [5, 5.41) is 6.32. The SMILES string of the molecule is CN(CCNC(=O)C1CCCNC1)Cc1ccccc1.Cl.Cl. The lowest BCUT2D eigenvalue weighted by Crippen LogP contribution is -2.42. The van der Waals surface area contributed by atoms with Crippen LogP contribution < -0.4 is 10.6 Å². The third kappa shape index (κ3) is 7.45. The number of nitrogens with zero attached hydrogens (tertiary/aromatic N) is 1. The Morgan fingerprint density at radius 2 is 2.05 bits per heavy atom. The monoisotopic (exact) mass is 347 g/mol. The van der Waals surface area contributed by atoms with Crippen molar-refractivity contribution >= 4 is 30.7 Å². The molecular formula is C16H27Cl2N3O. The summed E-state index contributed by atoms with van der Waals surface area (Å²) in [5.41, 5.74) is 1.30. The van der Waals surface area contributed by atoms with Gasteiger partial charge in [0.05, 0.1) is 5.92 Å². The number of rotatable bonds is 6. The van der Waals surface area contributed by atoms with Crippen LogP contribution in [0.5, 0.6) is 0 Å². The van der Waals surface area contributed by atoms with Gasteiger partial charge in [-0.05, 0) is 32.0 Å². The number of nitrogens with one attached hydrogen (secondary N) is 2. The fraction of sp³-hybridized carbons (Fsp3) is 0.562. The summed E-state index contributed by atoms with van der Waals surface area (Å²) in [7, 11) is 2.08. The molecule has 1 heterocycles. The van der Waals surface area contributed by atoms with Gasteiger partial charge in [-0.15, -0.1) is 24.8 Å². The molecule has 1 aliphatic rings. The van der Waals surface area contributed by atoms with Gasteiger partial charge < -0.3 is 15.5 Å². The average Bonchev–Trinajstić information content (AvgIpc) is 2.49. The summed E-state index contributed by atoms with van der Waals surface area (Å²) in [6.07, 6.45) is 2.12. The number of benzene rings is 1. The smallest absolute Gasteiger partial charge is 0.224 e. The fourth-order valence-corrected chi connectivity index (χ4v) is 2.56. The molecule has 6 heteroatoms. The van der Waals surface area contributed by atoms with Crippen molar-refractivity contribution in [1.82, 2.24) is 15.5 Å². The number of piperidine rings is 1. The van der Waals surface area contributed by atoms with E-state index in [1.807, 2.05) is 6.07 Å². The van der Waals surface area contributed by atoms with Gasteiger partial charge in [-0.25, -0.2) is 0 Å². The van der Waals surface area contributed by atoms with E-state index in [1.165, 1.54) is 5.56 Å². The molecule has 1 fully saturated rings. The Kier molecular flexibility index (Phi) is 11.3. The zero-order valence-electron chi connectivity index (χ0n) is 13.1. The maximum Gasteiger partial charge on any atom is 0.224 e. The molecule has 2 rings (SSSR count). The van der Waals surface area contributed by atoms with E-state index in [0.29, 0.717) is 0 Å². The maximum absolute atomic E-state index is 12.0. The molecule has 1 unspecified atom stereocenters. The van der Waals surface area contributed by atoms with Crippen LogP contribution in [0.2, 0.25) is 0 Å². The van der Waals surface area contributed by atoms with Gasteiger partial charge in [-0.3, -0.25) is 4.79 Å². The summed E-state index contributed by atoms with van der Waals surface area (Å²) in [5.74, 6) is 0.355. The summed E-state index contributed by atoms with van der Waals surface area (Å²) >= 11 is 0. The number of amides is 1. The summed E-state index contributed by atoms with van der Waals surface area (Å²) in [4.78, 5) is 14.2. The quantitative estimate of drug-likeness (QED) is 0.827. The van der Waals surface area contributed by atoms with Crippen molar-refractivity contribution in [3.05, 3.63) is 35.9 Å². The van der Waals surface area contributed by atoms with Crippen LogP contribution in [0, 0.1) is 5.92 Å². The first-order valence-corrected chi connectivity index (χ1v) is 7.46. The van der Waals surface area contributed by atoms with E-state index in [2.05, 4.69) is 46.8 Å². The van der Waals surface area contributed by atoms with Crippen molar-refractivity contribution in [1.29, 1.82) is 0 Å². The lowest BCUT2D eigenvalue weighted by atomic mass is 9.99. The minimum absolute atomic E-state index is 0. The Morgan fingerprint density at radius 3 is 2.68 bits per heavy atom. The topological polar surface area (TPSA) is 44.4 Å². The highest BCUT2D eigenvalue weighted by atomic mass is 35.5. The second-order valence-corrected chi connectivity index (χ2v) is 5.56. The van der Waals surface area contributed by atoms with Crippen LogP contribution in [0.25, 0.3) is 0 Å². The predicted octanol–water partition coefficient (Wildman–Crippen LogP) is 2.08. The Balaban J connectivity index is 0.00000220. The van der Waals surface area contributed by atoms with Gasteiger partial charge >= 0.3 is 0 Å². The number of carbonyl (C=O) groups excluding carboxylic acids is 1. The van der Waals surface area contributed by atoms with Crippen LogP contribution in [0.4, 0.5) is 0 Å². The number of likely N-dealkylation sites (N-methyl/N-ethyl adjacent to an activating group) is 1. The molecule has 0 spiro atoms. The molecule has 1 amide bonds. The van der Waals surface area contributed by atoms with Crippen LogP contribution in [0.1, 0.15) is 18.4 Å². The Bertz CT molecular complexity index is 411. The van der Waals surface area contributed by atoms with E-state index in [-0.39, 0.29) is 36.6 Å². The molecule has 22 heavy (non-hydrogen) atoms. The first-order valence-electron chi connectivity index (χ1n) is 7.46. The van der Waals surface area contributed by atoms with Crippen molar-refractivity contribution in [2.45, 2.75) is 19.4 Å². The summed E-state index contributed by atoms with van der Waals surface area (Å²) < 4.78 is 0. The first-order chi connectivity index (χ1) is 9.75. The normalized spacial score (nSPS) is 17.3. The Morgan fingerprint density at radius 1 is 1.32 bits per heavy atom. The second-order valence-electron chi connectivity index (χ2n) is 5.56. The highest BCUT2D eigenvalue weighted by Gasteiger charge is 2.20. The molecule has 1 saturated heterocycles. The molecule has 0 aromatic heterocycles. The lowest BCUT2D eigenvalue weighted by molar-refractivity contribution is -0.125. The van der Waals surface area contributed by atoms with Crippen LogP contribution in [0.3, 0.4) is 0 Å². The molecule has 1 aromatic carbocycles. The molecule has 4 nitrogen and oxygen atoms in total. The van der Waals surface area contributed by atoms with E-state index in [9.17, 15) is 4.79 Å². The van der Waals surface area contributed by atoms with Crippen LogP contribution in [-0.4, -0.2) is 44.0 Å². The molecule has 1 aromatic rings. The maximum atomic E-state index is 12.0. The number of halogens is 2. The molecule has 0 radical (unpaired) electrons. The molecule has 1 atom stereocenters. The fourth-order valence-electron chi connectivity index (χ4n) is 2.56. The van der Waals surface area contributed by atoms with E-state index in [0.717, 1.165) is 45.6 Å². The summed E-state index contributed by atoms with van der Waals surface area (Å²) in [6.45, 7) is 4.39.